The number of esters is 2. The van der Waals surface area contributed by atoms with Gasteiger partial charge in [-0.05, 0) is 73.9 Å². The van der Waals surface area contributed by atoms with Gasteiger partial charge in [0.05, 0.1) is 35.7 Å². The molecule has 2 unspecified atom stereocenters. The first-order valence-electron chi connectivity index (χ1n) is 16.5. The number of carbonyl (C=O) groups is 2. The Morgan fingerprint density at radius 2 is 1.80 bits per heavy atom. The molecule has 1 aliphatic rings. The first-order chi connectivity index (χ1) is 21.8. The van der Waals surface area contributed by atoms with Crippen LogP contribution in [-0.2, 0) is 20.7 Å². The lowest BCUT2D eigenvalue weighted by molar-refractivity contribution is -0.138. The first kappa shape index (κ1) is 35.8. The Labute approximate surface area is 273 Å². The van der Waals surface area contributed by atoms with E-state index in [0.717, 1.165) is 12.0 Å². The number of rotatable bonds is 18. The van der Waals surface area contributed by atoms with Crippen molar-refractivity contribution >= 4 is 34.5 Å². The van der Waals surface area contributed by atoms with Crippen LogP contribution in [0.25, 0.3) is 16.6 Å². The van der Waals surface area contributed by atoms with Crippen LogP contribution >= 0.6 is 11.3 Å². The summed E-state index contributed by atoms with van der Waals surface area (Å²) >= 11 is 1.75. The summed E-state index contributed by atoms with van der Waals surface area (Å²) in [6.45, 7) is 10.3. The third-order valence-electron chi connectivity index (χ3n) is 7.88. The zero-order chi connectivity index (χ0) is 32.6. The number of allylic oxidation sites excluding steroid dienone is 3. The van der Waals surface area contributed by atoms with Gasteiger partial charge in [-0.3, -0.25) is 4.98 Å². The van der Waals surface area contributed by atoms with E-state index in [9.17, 15) is 9.59 Å². The van der Waals surface area contributed by atoms with Crippen molar-refractivity contribution in [3.8, 4) is 0 Å². The fraction of sp³-hybridized carbons (Fsp3) is 0.486. The molecule has 0 amide bonds. The molecule has 0 saturated carbocycles. The van der Waals surface area contributed by atoms with E-state index in [4.69, 9.17) is 25.5 Å². The fourth-order valence-electron chi connectivity index (χ4n) is 5.46. The minimum atomic E-state index is -0.477. The lowest BCUT2D eigenvalue weighted by atomic mass is 9.88. The minimum Gasteiger partial charge on any atom is -0.680 e. The summed E-state index contributed by atoms with van der Waals surface area (Å²) < 4.78 is 10.5. The van der Waals surface area contributed by atoms with Gasteiger partial charge in [0.15, 0.2) is 0 Å². The Bertz CT molecular complexity index is 1390. The summed E-state index contributed by atoms with van der Waals surface area (Å²) in [4.78, 5) is 31.3. The van der Waals surface area contributed by atoms with Gasteiger partial charge in [0.25, 0.3) is 0 Å². The number of hydrogen-bond acceptors (Lipinski definition) is 7. The van der Waals surface area contributed by atoms with E-state index in [-0.39, 0.29) is 18.9 Å². The third kappa shape index (κ3) is 10.7. The van der Waals surface area contributed by atoms with Crippen molar-refractivity contribution in [3.05, 3.63) is 92.4 Å². The minimum absolute atomic E-state index is 0.233. The molecule has 8 heteroatoms. The van der Waals surface area contributed by atoms with Gasteiger partial charge in [-0.1, -0.05) is 89.5 Å². The van der Waals surface area contributed by atoms with Crippen molar-refractivity contribution in [3.63, 3.8) is 0 Å². The summed E-state index contributed by atoms with van der Waals surface area (Å²) in [6.07, 6.45) is 20.4. The van der Waals surface area contributed by atoms with Crippen LogP contribution in [0.2, 0.25) is 0 Å². The Balaban J connectivity index is 1.94. The molecule has 3 heterocycles. The lowest BCUT2D eigenvalue weighted by Crippen LogP contribution is -2.12. The summed E-state index contributed by atoms with van der Waals surface area (Å²) in [7, 11) is 0. The quantitative estimate of drug-likeness (QED) is 0.0759. The molecule has 45 heavy (non-hydrogen) atoms. The van der Waals surface area contributed by atoms with Crippen molar-refractivity contribution in [1.29, 1.82) is 0 Å². The molecule has 0 bridgehead atoms. The highest BCUT2D eigenvalue weighted by Gasteiger charge is 2.19. The number of nitrogens with zero attached hydrogens (tertiary/aromatic N) is 2. The van der Waals surface area contributed by atoms with Gasteiger partial charge in [0, 0.05) is 10.6 Å². The van der Waals surface area contributed by atoms with Crippen LogP contribution in [0, 0.1) is 5.92 Å². The summed E-state index contributed by atoms with van der Waals surface area (Å²) in [6, 6.07) is 5.15. The maximum Gasteiger partial charge on any atom is 0.338 e. The molecule has 244 valence electrons. The second kappa shape index (κ2) is 19.0. The fourth-order valence-corrected chi connectivity index (χ4v) is 6.40. The average Bonchev–Trinajstić information content (AvgIpc) is 3.52. The highest BCUT2D eigenvalue weighted by molar-refractivity contribution is 7.11. The number of hydrogen-bond donors (Lipinski definition) is 1. The normalized spacial score (nSPS) is 15.8. The molecule has 1 aliphatic heterocycles. The number of thiophene rings is 1. The van der Waals surface area contributed by atoms with Crippen molar-refractivity contribution in [1.82, 2.24) is 4.98 Å². The topological polar surface area (TPSA) is 106 Å². The lowest BCUT2D eigenvalue weighted by Gasteiger charge is -2.31. The zero-order valence-electron chi connectivity index (χ0n) is 27.6. The molecular weight excluding hydrogens is 582 g/mol. The molecule has 2 aromatic heterocycles. The molecule has 2 aromatic rings. The van der Waals surface area contributed by atoms with E-state index in [1.54, 1.807) is 50.3 Å². The number of carbonyl (C=O) groups excluding carboxylic acids is 2. The van der Waals surface area contributed by atoms with Crippen LogP contribution in [0.4, 0.5) is 0 Å². The predicted octanol–water partition coefficient (Wildman–Crippen LogP) is 9.47. The van der Waals surface area contributed by atoms with Crippen LogP contribution in [0.5, 0.6) is 0 Å². The van der Waals surface area contributed by atoms with Crippen molar-refractivity contribution < 1.29 is 19.1 Å². The van der Waals surface area contributed by atoms with Gasteiger partial charge in [0.2, 0.25) is 0 Å². The maximum absolute atomic E-state index is 12.9. The Kier molecular flexibility index (Phi) is 15.1. The van der Waals surface area contributed by atoms with Crippen molar-refractivity contribution in [2.45, 2.75) is 98.4 Å². The van der Waals surface area contributed by atoms with Gasteiger partial charge in [-0.25, -0.2) is 9.59 Å². The second-order valence-electron chi connectivity index (χ2n) is 11.3. The molecule has 2 atom stereocenters. The molecule has 0 radical (unpaired) electrons. The summed E-state index contributed by atoms with van der Waals surface area (Å²) in [5.74, 6) is -0.268. The van der Waals surface area contributed by atoms with E-state index in [2.05, 4.69) is 37.4 Å². The highest BCUT2D eigenvalue weighted by atomic mass is 32.1. The number of ether oxygens (including phenoxy) is 2. The second-order valence-corrected chi connectivity index (χ2v) is 12.2. The van der Waals surface area contributed by atoms with Crippen LogP contribution < -0.4 is 5.73 Å². The smallest absolute Gasteiger partial charge is 0.338 e. The largest absolute Gasteiger partial charge is 0.680 e. The molecule has 3 rings (SSSR count). The Morgan fingerprint density at radius 3 is 2.51 bits per heavy atom. The molecular formula is C37H50N3O4S-. The molecule has 2 N–H and O–H groups in total. The van der Waals surface area contributed by atoms with E-state index in [1.165, 1.54) is 67.9 Å². The highest BCUT2D eigenvalue weighted by Crippen LogP contribution is 2.37. The van der Waals surface area contributed by atoms with Crippen LogP contribution in [0.3, 0.4) is 0 Å². The molecule has 0 aromatic carbocycles. The predicted molar refractivity (Wildman–Crippen MR) is 186 cm³/mol. The SMILES string of the molecule is C/C=C(\C=C(/N)c1cc(C(=O)OCC)cc(C2C=C(c3sccc3CC(CCCC)CCCCCC)C=C[N-]2)n1)C(=O)OCC. The summed E-state index contributed by atoms with van der Waals surface area (Å²) in [5.41, 5.74) is 10.7. The van der Waals surface area contributed by atoms with E-state index in [0.29, 0.717) is 28.4 Å². The molecule has 0 fully saturated rings. The van der Waals surface area contributed by atoms with Gasteiger partial charge >= 0.3 is 11.9 Å². The van der Waals surface area contributed by atoms with Crippen LogP contribution in [0.1, 0.15) is 124 Å². The van der Waals surface area contributed by atoms with E-state index < -0.39 is 18.0 Å². The van der Waals surface area contributed by atoms with Gasteiger partial charge in [-0.2, -0.15) is 6.20 Å². The van der Waals surface area contributed by atoms with Gasteiger partial charge < -0.3 is 20.5 Å². The van der Waals surface area contributed by atoms with Gasteiger partial charge in [-0.15, -0.1) is 11.3 Å². The molecule has 7 nitrogen and oxygen atoms in total. The van der Waals surface area contributed by atoms with Crippen molar-refractivity contribution in [2.24, 2.45) is 11.7 Å². The molecule has 0 spiro atoms. The monoisotopic (exact) mass is 632 g/mol. The molecule has 0 aliphatic carbocycles. The number of pyridine rings is 1. The molecule has 0 saturated heterocycles. The zero-order valence-corrected chi connectivity index (χ0v) is 28.5. The van der Waals surface area contributed by atoms with Crippen molar-refractivity contribution in [2.75, 3.05) is 13.2 Å². The van der Waals surface area contributed by atoms with E-state index in [1.807, 2.05) is 6.20 Å². The van der Waals surface area contributed by atoms with E-state index >= 15 is 0 Å². The number of unbranched alkanes of at least 4 members (excludes halogenated alkanes) is 4. The number of nitrogens with two attached hydrogens (primary N) is 1. The first-order valence-corrected chi connectivity index (χ1v) is 17.4. The number of aromatic nitrogens is 1. The van der Waals surface area contributed by atoms with Crippen LogP contribution in [0.15, 0.2) is 59.7 Å². The standard InChI is InChI=1S/C37H50N3O4S/c1-6-11-13-14-16-26(15-12-7-2)21-29-18-20-45-35(29)28-17-19-39-33(23-28)34-25-30(37(42)44-10-5)24-32(40-34)31(38)22-27(8-3)36(41)43-9-4/h8,17-20,22-26,33H,6-7,9-16,21,38H2,1-5H3/q-1/b27-8+,31-22-. The average molecular weight is 633 g/mol. The Morgan fingerprint density at radius 1 is 1.04 bits per heavy atom. The van der Waals surface area contributed by atoms with Crippen LogP contribution in [-0.4, -0.2) is 30.1 Å². The maximum atomic E-state index is 12.9. The third-order valence-corrected chi connectivity index (χ3v) is 8.88. The Hall–Kier alpha value is -3.65. The van der Waals surface area contributed by atoms with Gasteiger partial charge in [0.1, 0.15) is 0 Å². The summed E-state index contributed by atoms with van der Waals surface area (Å²) in [5, 5.41) is 6.89.